The van der Waals surface area contributed by atoms with Crippen molar-refractivity contribution in [3.05, 3.63) is 18.3 Å². The Morgan fingerprint density at radius 2 is 2.44 bits per heavy atom. The zero-order chi connectivity index (χ0) is 6.69. The number of methoxy groups -OCH3 is 1. The van der Waals surface area contributed by atoms with Crippen LogP contribution in [0.2, 0.25) is 0 Å². The Bertz CT molecular complexity index is 200. The summed E-state index contributed by atoms with van der Waals surface area (Å²) >= 11 is 0. The average Bonchev–Trinajstić information content (AvgIpc) is 1.89. The summed E-state index contributed by atoms with van der Waals surface area (Å²) in [5.41, 5.74) is 0. The van der Waals surface area contributed by atoms with E-state index in [2.05, 4.69) is 9.72 Å². The highest BCUT2D eigenvalue weighted by Crippen LogP contribution is 2.20. The van der Waals surface area contributed by atoms with Gasteiger partial charge in [-0.2, -0.15) is 0 Å². The molecule has 1 aromatic heterocycles. The molecule has 0 aliphatic carbocycles. The molecule has 0 atom stereocenters. The van der Waals surface area contributed by atoms with E-state index in [4.69, 9.17) is 0 Å². The number of nitrogens with zero attached hydrogens (tertiary/aromatic N) is 1. The predicted octanol–water partition coefficient (Wildman–Crippen LogP) is 1.23. The molecule has 0 aliphatic heterocycles. The van der Waals surface area contributed by atoms with Crippen LogP contribution in [0.3, 0.4) is 0 Å². The second kappa shape index (κ2) is 2.35. The summed E-state index contributed by atoms with van der Waals surface area (Å²) < 4.78 is 4.67. The van der Waals surface area contributed by atoms with Crippen molar-refractivity contribution in [2.45, 2.75) is 0 Å². The molecular weight excluding hydrogens is 118 g/mol. The zero-order valence-corrected chi connectivity index (χ0v) is 5.00. The first kappa shape index (κ1) is 5.88. The molecule has 0 unspecified atom stereocenters. The van der Waals surface area contributed by atoms with Gasteiger partial charge in [0.25, 0.3) is 0 Å². The smallest absolute Gasteiger partial charge is 0.311 e. The van der Waals surface area contributed by atoms with Crippen molar-refractivity contribution in [3.8, 4) is 11.6 Å². The largest absolute Gasteiger partial charge is 0.491 e. The van der Waals surface area contributed by atoms with Gasteiger partial charge in [-0.15, -0.1) is 0 Å². The number of aromatic nitrogens is 1. The highest BCUT2D eigenvalue weighted by atomic mass is 16.5. The van der Waals surface area contributed by atoms with Gasteiger partial charge in [-0.1, -0.05) is 0 Å². The summed E-state index contributed by atoms with van der Waals surface area (Å²) in [7, 11) is 1.44. The molecule has 0 aromatic carbocycles. The second-order valence-electron chi connectivity index (χ2n) is 1.51. The fraction of sp³-hybridized carbons (Fsp3) is 0.167. The van der Waals surface area contributed by atoms with E-state index in [1.165, 1.54) is 13.3 Å². The van der Waals surface area contributed by atoms with Crippen molar-refractivity contribution in [1.29, 1.82) is 0 Å². The molecule has 3 nitrogen and oxygen atoms in total. The van der Waals surface area contributed by atoms with Gasteiger partial charge in [0.2, 0.25) is 0 Å². The van der Waals surface area contributed by atoms with Crippen LogP contribution < -0.4 is 4.74 Å². The van der Waals surface area contributed by atoms with Crippen LogP contribution in [0.5, 0.6) is 11.6 Å². The second-order valence-corrected chi connectivity index (χ2v) is 1.51. The van der Waals surface area contributed by atoms with Gasteiger partial charge in [-0.3, -0.25) is 5.11 Å². The minimum absolute atomic E-state index is 0.289. The van der Waals surface area contributed by atoms with Crippen molar-refractivity contribution in [2.75, 3.05) is 7.11 Å². The number of ether oxygens (including phenoxy) is 1. The van der Waals surface area contributed by atoms with Crippen LogP contribution in [0, 0.1) is 0 Å². The van der Waals surface area contributed by atoms with Gasteiger partial charge in [0.05, 0.1) is 7.11 Å². The molecule has 0 bridgehead atoms. The van der Waals surface area contributed by atoms with E-state index < -0.39 is 0 Å². The van der Waals surface area contributed by atoms with Crippen molar-refractivity contribution in [3.63, 3.8) is 0 Å². The van der Waals surface area contributed by atoms with Gasteiger partial charge in [0, 0.05) is 6.20 Å². The van der Waals surface area contributed by atoms with Crippen LogP contribution in [-0.4, -0.2) is 12.1 Å². The van der Waals surface area contributed by atoms with Gasteiger partial charge >= 0.3 is 5.88 Å². The van der Waals surface area contributed by atoms with Crippen molar-refractivity contribution >= 4 is 0 Å². The van der Waals surface area contributed by atoms with Crippen molar-refractivity contribution < 1.29 is 9.84 Å². The third-order valence-electron chi connectivity index (χ3n) is 0.956. The monoisotopic (exact) mass is 124 g/mol. The van der Waals surface area contributed by atoms with Gasteiger partial charge < -0.3 is 4.74 Å². The summed E-state index contributed by atoms with van der Waals surface area (Å²) in [6.45, 7) is 0. The molecule has 0 spiro atoms. The fourth-order valence-electron chi connectivity index (χ4n) is 0.531. The lowest BCUT2D eigenvalue weighted by atomic mass is 10.4. The standard InChI is InChI=1S/C6H6NO2/c1-9-5-3-2-4-7-6(5)8/h2-4H,1H3. The highest BCUT2D eigenvalue weighted by molar-refractivity contribution is 5.30. The fourth-order valence-corrected chi connectivity index (χ4v) is 0.531. The molecule has 0 amide bonds. The summed E-state index contributed by atoms with van der Waals surface area (Å²) in [5.74, 6) is -0.0301. The van der Waals surface area contributed by atoms with Crippen LogP contribution in [0.4, 0.5) is 0 Å². The SMILES string of the molecule is COc1cccnc1[O]. The van der Waals surface area contributed by atoms with Crippen molar-refractivity contribution in [1.82, 2.24) is 4.98 Å². The summed E-state index contributed by atoms with van der Waals surface area (Å²) in [6, 6.07) is 3.23. The molecule has 3 heteroatoms. The molecule has 1 aromatic rings. The Kier molecular flexibility index (Phi) is 1.53. The molecule has 9 heavy (non-hydrogen) atoms. The number of hydrogen-bond donors (Lipinski definition) is 0. The first-order valence-corrected chi connectivity index (χ1v) is 2.50. The molecule has 0 saturated heterocycles. The topological polar surface area (TPSA) is 42.0 Å². The minimum atomic E-state index is -0.319. The highest BCUT2D eigenvalue weighted by Gasteiger charge is 1.99. The molecule has 0 N–H and O–H groups in total. The quantitative estimate of drug-likeness (QED) is 0.565. The van der Waals surface area contributed by atoms with Crippen LogP contribution in [0.15, 0.2) is 18.3 Å². The third kappa shape index (κ3) is 1.10. The number of rotatable bonds is 1. The van der Waals surface area contributed by atoms with Gasteiger partial charge in [0.1, 0.15) is 0 Å². The molecule has 0 saturated carbocycles. The van der Waals surface area contributed by atoms with E-state index in [1.54, 1.807) is 12.1 Å². The molecular formula is C6H6NO2. The normalized spacial score (nSPS) is 9.00. The maximum absolute atomic E-state index is 10.6. The lowest BCUT2D eigenvalue weighted by Gasteiger charge is -1.95. The Balaban J connectivity index is 3.01. The summed E-state index contributed by atoms with van der Waals surface area (Å²) in [4.78, 5) is 3.47. The number of pyridine rings is 1. The molecule has 1 radical (unpaired) electrons. The van der Waals surface area contributed by atoms with E-state index in [-0.39, 0.29) is 11.6 Å². The Morgan fingerprint density at radius 1 is 1.67 bits per heavy atom. The van der Waals surface area contributed by atoms with Gasteiger partial charge in [-0.25, -0.2) is 4.98 Å². The van der Waals surface area contributed by atoms with Gasteiger partial charge in [0.15, 0.2) is 5.75 Å². The number of hydrogen-bond acceptors (Lipinski definition) is 2. The maximum Gasteiger partial charge on any atom is 0.311 e. The molecule has 0 aliphatic rings. The van der Waals surface area contributed by atoms with E-state index in [1.807, 2.05) is 0 Å². The van der Waals surface area contributed by atoms with E-state index in [0.29, 0.717) is 0 Å². The van der Waals surface area contributed by atoms with E-state index >= 15 is 0 Å². The first-order chi connectivity index (χ1) is 4.34. The van der Waals surface area contributed by atoms with Crippen LogP contribution in [0.25, 0.3) is 0 Å². The predicted molar refractivity (Wildman–Crippen MR) is 30.9 cm³/mol. The van der Waals surface area contributed by atoms with Crippen LogP contribution >= 0.6 is 0 Å². The molecule has 1 heterocycles. The first-order valence-electron chi connectivity index (χ1n) is 2.50. The lowest BCUT2D eigenvalue weighted by molar-refractivity contribution is 0.300. The van der Waals surface area contributed by atoms with Crippen LogP contribution in [0.1, 0.15) is 0 Å². The maximum atomic E-state index is 10.6. The zero-order valence-electron chi connectivity index (χ0n) is 5.00. The Labute approximate surface area is 52.9 Å². The summed E-state index contributed by atoms with van der Waals surface area (Å²) in [5, 5.41) is 10.6. The Hall–Kier alpha value is -1.25. The van der Waals surface area contributed by atoms with Crippen molar-refractivity contribution in [2.24, 2.45) is 0 Å². The van der Waals surface area contributed by atoms with Gasteiger partial charge in [-0.05, 0) is 12.1 Å². The van der Waals surface area contributed by atoms with E-state index in [0.717, 1.165) is 0 Å². The van der Waals surface area contributed by atoms with Crippen LogP contribution in [-0.2, 0) is 5.11 Å². The lowest BCUT2D eigenvalue weighted by Crippen LogP contribution is -1.82. The molecule has 1 rings (SSSR count). The molecule has 47 valence electrons. The average molecular weight is 124 g/mol. The van der Waals surface area contributed by atoms with E-state index in [9.17, 15) is 5.11 Å². The Morgan fingerprint density at radius 3 is 2.89 bits per heavy atom. The summed E-state index contributed by atoms with van der Waals surface area (Å²) in [6.07, 6.45) is 1.44. The minimum Gasteiger partial charge on any atom is -0.491 e. The third-order valence-corrected chi connectivity index (χ3v) is 0.956. The molecule has 0 fully saturated rings.